The summed E-state index contributed by atoms with van der Waals surface area (Å²) < 4.78 is 5.25. The topological polar surface area (TPSA) is 21.6 Å². The van der Waals surface area contributed by atoms with Gasteiger partial charge in [0.1, 0.15) is 0 Å². The molecule has 0 aromatic carbocycles. The van der Waals surface area contributed by atoms with Gasteiger partial charge in [0, 0.05) is 17.9 Å². The molecule has 0 saturated carbocycles. The number of aliphatic imine (C=N–C) groups is 1. The zero-order valence-corrected chi connectivity index (χ0v) is 12.1. The number of halogens is 1. The van der Waals surface area contributed by atoms with Crippen LogP contribution in [0.25, 0.3) is 0 Å². The van der Waals surface area contributed by atoms with Crippen molar-refractivity contribution in [2.45, 2.75) is 39.8 Å². The lowest BCUT2D eigenvalue weighted by molar-refractivity contribution is 0.0311. The van der Waals surface area contributed by atoms with Crippen LogP contribution >= 0.6 is 11.6 Å². The van der Waals surface area contributed by atoms with Gasteiger partial charge in [-0.05, 0) is 45.8 Å². The average molecular weight is 256 g/mol. The maximum atomic E-state index is 6.12. The Balaban J connectivity index is 5.13. The molecule has 0 bridgehead atoms. The lowest BCUT2D eigenvalue weighted by Gasteiger charge is -2.18. The maximum absolute atomic E-state index is 6.12. The molecule has 0 atom stereocenters. The third kappa shape index (κ3) is 6.44. The van der Waals surface area contributed by atoms with E-state index in [-0.39, 0.29) is 0 Å². The van der Waals surface area contributed by atoms with E-state index in [4.69, 9.17) is 16.3 Å². The fourth-order valence-corrected chi connectivity index (χ4v) is 1.45. The SMILES string of the molecule is C=CC/C(=C/C(C)=NC(C)(C)OC)C(Cl)=CC. The molecule has 0 N–H and O–H groups in total. The Labute approximate surface area is 110 Å². The van der Waals surface area contributed by atoms with Crippen molar-refractivity contribution in [2.24, 2.45) is 4.99 Å². The van der Waals surface area contributed by atoms with Crippen molar-refractivity contribution in [1.82, 2.24) is 0 Å². The van der Waals surface area contributed by atoms with E-state index < -0.39 is 5.72 Å². The number of nitrogens with zero attached hydrogens (tertiary/aromatic N) is 1. The van der Waals surface area contributed by atoms with Crippen LogP contribution in [0.5, 0.6) is 0 Å². The molecule has 0 aliphatic carbocycles. The number of hydrogen-bond donors (Lipinski definition) is 0. The van der Waals surface area contributed by atoms with Crippen molar-refractivity contribution in [1.29, 1.82) is 0 Å². The third-order valence-corrected chi connectivity index (χ3v) is 2.71. The van der Waals surface area contributed by atoms with E-state index in [9.17, 15) is 0 Å². The first-order chi connectivity index (χ1) is 7.86. The van der Waals surface area contributed by atoms with Gasteiger partial charge < -0.3 is 4.74 Å². The van der Waals surface area contributed by atoms with Crippen LogP contribution in [0.2, 0.25) is 0 Å². The second kappa shape index (κ2) is 7.46. The molecule has 17 heavy (non-hydrogen) atoms. The number of ether oxygens (including phenoxy) is 1. The first-order valence-electron chi connectivity index (χ1n) is 5.61. The fourth-order valence-electron chi connectivity index (χ4n) is 1.32. The van der Waals surface area contributed by atoms with E-state index in [1.54, 1.807) is 7.11 Å². The molecule has 0 amide bonds. The second-order valence-electron chi connectivity index (χ2n) is 4.20. The van der Waals surface area contributed by atoms with Crippen molar-refractivity contribution in [3.63, 3.8) is 0 Å². The van der Waals surface area contributed by atoms with E-state index in [2.05, 4.69) is 11.6 Å². The van der Waals surface area contributed by atoms with Crippen LogP contribution < -0.4 is 0 Å². The molecule has 0 aromatic heterocycles. The highest BCUT2D eigenvalue weighted by molar-refractivity contribution is 6.32. The van der Waals surface area contributed by atoms with Crippen LogP contribution in [0.15, 0.2) is 40.4 Å². The standard InChI is InChI=1S/C14H22ClNO/c1-7-9-12(13(15)8-2)10-11(3)16-14(4,5)17-6/h7-8,10H,1,9H2,2-6H3/b12-10-,13-8?,16-11?. The van der Waals surface area contributed by atoms with Gasteiger partial charge in [-0.1, -0.05) is 23.8 Å². The highest BCUT2D eigenvalue weighted by Crippen LogP contribution is 2.19. The molecule has 0 heterocycles. The molecular formula is C14H22ClNO. The Morgan fingerprint density at radius 1 is 1.47 bits per heavy atom. The van der Waals surface area contributed by atoms with Crippen LogP contribution in [0.1, 0.15) is 34.1 Å². The normalized spacial score (nSPS) is 15.1. The summed E-state index contributed by atoms with van der Waals surface area (Å²) in [5.41, 5.74) is 1.38. The zero-order valence-electron chi connectivity index (χ0n) is 11.4. The minimum Gasteiger partial charge on any atom is -0.358 e. The molecule has 0 rings (SSSR count). The third-order valence-electron chi connectivity index (χ3n) is 2.25. The Morgan fingerprint density at radius 2 is 2.06 bits per heavy atom. The molecule has 2 nitrogen and oxygen atoms in total. The Hall–Kier alpha value is -0.860. The van der Waals surface area contributed by atoms with Crippen molar-refractivity contribution in [3.8, 4) is 0 Å². The highest BCUT2D eigenvalue weighted by atomic mass is 35.5. The van der Waals surface area contributed by atoms with Crippen LogP contribution in [0, 0.1) is 0 Å². The number of hydrogen-bond acceptors (Lipinski definition) is 2. The lowest BCUT2D eigenvalue weighted by Crippen LogP contribution is -2.20. The predicted molar refractivity (Wildman–Crippen MR) is 76.7 cm³/mol. The molecule has 0 spiro atoms. The monoisotopic (exact) mass is 255 g/mol. The Morgan fingerprint density at radius 3 is 2.47 bits per heavy atom. The summed E-state index contributed by atoms with van der Waals surface area (Å²) in [4.78, 5) is 4.46. The van der Waals surface area contributed by atoms with Gasteiger partial charge in [0.05, 0.1) is 0 Å². The first-order valence-corrected chi connectivity index (χ1v) is 5.99. The summed E-state index contributed by atoms with van der Waals surface area (Å²) in [6, 6.07) is 0. The van der Waals surface area contributed by atoms with Crippen LogP contribution in [-0.4, -0.2) is 18.5 Å². The summed E-state index contributed by atoms with van der Waals surface area (Å²) in [5.74, 6) is 0. The number of methoxy groups -OCH3 is 1. The fraction of sp³-hybridized carbons (Fsp3) is 0.500. The summed E-state index contributed by atoms with van der Waals surface area (Å²) >= 11 is 6.12. The first kappa shape index (κ1) is 16.1. The molecular weight excluding hydrogens is 234 g/mol. The van der Waals surface area contributed by atoms with Crippen LogP contribution in [0.3, 0.4) is 0 Å². The average Bonchev–Trinajstić information content (AvgIpc) is 2.26. The smallest absolute Gasteiger partial charge is 0.153 e. The molecule has 0 fully saturated rings. The summed E-state index contributed by atoms with van der Waals surface area (Å²) in [6.07, 6.45) is 6.38. The minimum atomic E-state index is -0.512. The highest BCUT2D eigenvalue weighted by Gasteiger charge is 2.13. The van der Waals surface area contributed by atoms with Crippen molar-refractivity contribution in [2.75, 3.05) is 7.11 Å². The van der Waals surface area contributed by atoms with E-state index >= 15 is 0 Å². The Bertz CT molecular complexity index is 351. The van der Waals surface area contributed by atoms with Gasteiger partial charge in [-0.2, -0.15) is 0 Å². The van der Waals surface area contributed by atoms with Gasteiger partial charge in [0.2, 0.25) is 0 Å². The summed E-state index contributed by atoms with van der Waals surface area (Å²) in [7, 11) is 1.64. The number of rotatable bonds is 6. The Kier molecular flexibility index (Phi) is 7.09. The quantitative estimate of drug-likeness (QED) is 0.390. The van der Waals surface area contributed by atoms with Gasteiger partial charge in [-0.15, -0.1) is 6.58 Å². The van der Waals surface area contributed by atoms with Crippen molar-refractivity contribution in [3.05, 3.63) is 35.4 Å². The van der Waals surface area contributed by atoms with Gasteiger partial charge in [0.25, 0.3) is 0 Å². The van der Waals surface area contributed by atoms with Crippen molar-refractivity contribution >= 4 is 17.3 Å². The van der Waals surface area contributed by atoms with Gasteiger partial charge in [-0.3, -0.25) is 4.99 Å². The largest absolute Gasteiger partial charge is 0.358 e. The van der Waals surface area contributed by atoms with E-state index in [0.717, 1.165) is 22.7 Å². The minimum absolute atomic E-state index is 0.512. The summed E-state index contributed by atoms with van der Waals surface area (Å²) in [5, 5.41) is 0.731. The molecule has 0 aliphatic rings. The molecule has 3 heteroatoms. The number of allylic oxidation sites excluding steroid dienone is 5. The maximum Gasteiger partial charge on any atom is 0.153 e. The van der Waals surface area contributed by atoms with Gasteiger partial charge in [-0.25, -0.2) is 0 Å². The van der Waals surface area contributed by atoms with Crippen LogP contribution in [-0.2, 0) is 4.74 Å². The predicted octanol–water partition coefficient (Wildman–Crippen LogP) is 4.47. The van der Waals surface area contributed by atoms with Gasteiger partial charge in [0.15, 0.2) is 5.72 Å². The molecule has 96 valence electrons. The molecule has 0 aromatic rings. The van der Waals surface area contributed by atoms with Gasteiger partial charge >= 0.3 is 0 Å². The zero-order chi connectivity index (χ0) is 13.5. The van der Waals surface area contributed by atoms with E-state index in [1.807, 2.05) is 45.9 Å². The molecule has 0 unspecified atom stereocenters. The van der Waals surface area contributed by atoms with E-state index in [0.29, 0.717) is 0 Å². The molecule has 0 aliphatic heterocycles. The second-order valence-corrected chi connectivity index (χ2v) is 4.61. The summed E-state index contributed by atoms with van der Waals surface area (Å²) in [6.45, 7) is 11.4. The van der Waals surface area contributed by atoms with E-state index in [1.165, 1.54) is 0 Å². The molecule has 0 saturated heterocycles. The lowest BCUT2D eigenvalue weighted by atomic mass is 10.1. The molecule has 0 radical (unpaired) electrons. The van der Waals surface area contributed by atoms with Crippen LogP contribution in [0.4, 0.5) is 0 Å². The van der Waals surface area contributed by atoms with Crippen molar-refractivity contribution < 1.29 is 4.74 Å².